The molecule has 8 nitrogen and oxygen atoms in total. The van der Waals surface area contributed by atoms with Crippen LogP contribution < -0.4 is 15.2 Å². The molecule has 1 atom stereocenters. The summed E-state index contributed by atoms with van der Waals surface area (Å²) < 4.78 is 11.1. The molecule has 2 aromatic carbocycles. The van der Waals surface area contributed by atoms with E-state index in [1.165, 1.54) is 7.11 Å². The number of hydrogen-bond acceptors (Lipinski definition) is 6. The summed E-state index contributed by atoms with van der Waals surface area (Å²) in [4.78, 5) is 13.8. The Bertz CT molecular complexity index is 1090. The summed E-state index contributed by atoms with van der Waals surface area (Å²) in [5, 5.41) is 17.9. The first kappa shape index (κ1) is 19.8. The molecule has 0 unspecified atom stereocenters. The summed E-state index contributed by atoms with van der Waals surface area (Å²) >= 11 is 0. The van der Waals surface area contributed by atoms with Crippen LogP contribution in [0.4, 0.5) is 5.69 Å². The van der Waals surface area contributed by atoms with Gasteiger partial charge in [-0.05, 0) is 30.7 Å². The van der Waals surface area contributed by atoms with Gasteiger partial charge in [-0.2, -0.15) is 5.10 Å². The molecule has 30 heavy (non-hydrogen) atoms. The molecule has 1 aliphatic rings. The maximum absolute atomic E-state index is 12.3. The number of nitrogen functional groups attached to an aromatic ring is 1. The van der Waals surface area contributed by atoms with Crippen LogP contribution in [-0.4, -0.2) is 59.0 Å². The number of amides is 1. The zero-order chi connectivity index (χ0) is 21.1. The molecule has 3 aromatic rings. The van der Waals surface area contributed by atoms with Crippen LogP contribution in [0, 0.1) is 0 Å². The molecule has 156 valence electrons. The molecule has 0 saturated carbocycles. The molecular weight excluding hydrogens is 384 g/mol. The number of carbonyl (C=O) groups is 1. The van der Waals surface area contributed by atoms with Crippen LogP contribution in [-0.2, 0) is 4.79 Å². The van der Waals surface area contributed by atoms with Gasteiger partial charge in [0.1, 0.15) is 0 Å². The van der Waals surface area contributed by atoms with E-state index < -0.39 is 6.10 Å². The summed E-state index contributed by atoms with van der Waals surface area (Å²) in [6.45, 7) is 0.734. The minimum Gasteiger partial charge on any atom is -0.491 e. The molecule has 1 fully saturated rings. The monoisotopic (exact) mass is 408 g/mol. The van der Waals surface area contributed by atoms with Gasteiger partial charge in [-0.1, -0.05) is 24.3 Å². The Balaban J connectivity index is 1.50. The number of nitrogens with two attached hydrogens (primary N) is 1. The molecule has 0 spiro atoms. The Morgan fingerprint density at radius 2 is 2.17 bits per heavy atom. The number of rotatable bonds is 6. The van der Waals surface area contributed by atoms with Gasteiger partial charge in [0, 0.05) is 24.0 Å². The number of β-amino-alcohol motifs (C(OH)–C–C–N with tert-alkyl or cyclic N) is 1. The van der Waals surface area contributed by atoms with Crippen LogP contribution in [0.5, 0.6) is 11.5 Å². The van der Waals surface area contributed by atoms with Crippen molar-refractivity contribution in [2.24, 2.45) is 0 Å². The number of hydrogen-bond donors (Lipinski definition) is 3. The number of nitrogens with one attached hydrogen (secondary N) is 1. The van der Waals surface area contributed by atoms with Crippen molar-refractivity contribution >= 4 is 34.6 Å². The number of carbonyl (C=O) groups excluding carboxylic acids is 1. The van der Waals surface area contributed by atoms with Gasteiger partial charge in [0.25, 0.3) is 5.91 Å². The fourth-order valence-corrected chi connectivity index (χ4v) is 3.54. The van der Waals surface area contributed by atoms with Gasteiger partial charge in [-0.25, -0.2) is 0 Å². The molecule has 1 saturated heterocycles. The summed E-state index contributed by atoms with van der Waals surface area (Å²) in [6, 6.07) is 11.4. The smallest absolute Gasteiger partial charge is 0.260 e. The van der Waals surface area contributed by atoms with Crippen LogP contribution in [0.25, 0.3) is 23.1 Å². The number of ether oxygens (including phenoxy) is 2. The third kappa shape index (κ3) is 3.95. The van der Waals surface area contributed by atoms with Gasteiger partial charge in [0.2, 0.25) is 0 Å². The molecule has 0 aliphatic carbocycles. The SMILES string of the molecule is COc1c(OCC(=O)N2CC[C@@H](O)C2)ccc(C=Cc2n[nH]c3ccccc23)c1N. The zero-order valence-corrected chi connectivity index (χ0v) is 16.7. The number of likely N-dealkylation sites (tertiary alicyclic amines) is 1. The summed E-state index contributed by atoms with van der Waals surface area (Å²) in [7, 11) is 1.51. The van der Waals surface area contributed by atoms with Crippen LogP contribution >= 0.6 is 0 Å². The molecule has 1 amide bonds. The topological polar surface area (TPSA) is 114 Å². The number of aromatic nitrogens is 2. The van der Waals surface area contributed by atoms with E-state index in [0.717, 1.165) is 22.2 Å². The number of benzene rings is 2. The van der Waals surface area contributed by atoms with Crippen LogP contribution in [0.2, 0.25) is 0 Å². The van der Waals surface area contributed by atoms with Gasteiger partial charge >= 0.3 is 0 Å². The van der Waals surface area contributed by atoms with Gasteiger partial charge < -0.3 is 25.2 Å². The maximum atomic E-state index is 12.3. The Hall–Kier alpha value is -3.52. The van der Waals surface area contributed by atoms with Gasteiger partial charge in [-0.3, -0.25) is 9.89 Å². The first-order valence-electron chi connectivity index (χ1n) is 9.73. The Morgan fingerprint density at radius 1 is 1.33 bits per heavy atom. The van der Waals surface area contributed by atoms with E-state index in [9.17, 15) is 9.90 Å². The number of aliphatic hydroxyl groups is 1. The Morgan fingerprint density at radius 3 is 2.93 bits per heavy atom. The van der Waals surface area contributed by atoms with Crippen molar-refractivity contribution in [3.05, 3.63) is 47.7 Å². The van der Waals surface area contributed by atoms with E-state index in [0.29, 0.717) is 36.7 Å². The van der Waals surface area contributed by atoms with E-state index in [1.807, 2.05) is 42.5 Å². The van der Waals surface area contributed by atoms with Crippen molar-refractivity contribution in [3.63, 3.8) is 0 Å². The lowest BCUT2D eigenvalue weighted by atomic mass is 10.1. The van der Waals surface area contributed by atoms with Crippen molar-refractivity contribution in [3.8, 4) is 11.5 Å². The molecule has 4 rings (SSSR count). The standard InChI is InChI=1S/C22H24N4O4/c1-29-22-19(30-13-20(28)26-11-10-15(27)12-26)9-7-14(21(22)23)6-8-18-16-4-2-3-5-17(16)24-25-18/h2-9,15,27H,10-13,23H2,1H3,(H,24,25)/t15-/m1/s1. The lowest BCUT2D eigenvalue weighted by Gasteiger charge is -2.18. The van der Waals surface area contributed by atoms with Crippen LogP contribution in [0.15, 0.2) is 36.4 Å². The Kier molecular flexibility index (Phi) is 5.58. The molecule has 1 aromatic heterocycles. The number of fused-ring (bicyclic) bond motifs is 1. The molecule has 1 aliphatic heterocycles. The maximum Gasteiger partial charge on any atom is 0.260 e. The normalized spacial score (nSPS) is 16.5. The number of aromatic amines is 1. The highest BCUT2D eigenvalue weighted by molar-refractivity contribution is 5.90. The van der Waals surface area contributed by atoms with Gasteiger partial charge in [0.15, 0.2) is 18.1 Å². The number of anilines is 1. The van der Waals surface area contributed by atoms with Crippen molar-refractivity contribution in [1.82, 2.24) is 15.1 Å². The number of nitrogens with zero attached hydrogens (tertiary/aromatic N) is 2. The van der Waals surface area contributed by atoms with Crippen molar-refractivity contribution < 1.29 is 19.4 Å². The van der Waals surface area contributed by atoms with E-state index in [1.54, 1.807) is 11.0 Å². The first-order chi connectivity index (χ1) is 14.6. The average Bonchev–Trinajstić information content (AvgIpc) is 3.37. The zero-order valence-electron chi connectivity index (χ0n) is 16.7. The van der Waals surface area contributed by atoms with E-state index in [-0.39, 0.29) is 12.5 Å². The second-order valence-electron chi connectivity index (χ2n) is 7.16. The van der Waals surface area contributed by atoms with Crippen LogP contribution in [0.3, 0.4) is 0 Å². The lowest BCUT2D eigenvalue weighted by molar-refractivity contribution is -0.132. The lowest BCUT2D eigenvalue weighted by Crippen LogP contribution is -2.33. The predicted molar refractivity (Wildman–Crippen MR) is 115 cm³/mol. The minimum atomic E-state index is -0.461. The predicted octanol–water partition coefficient (Wildman–Crippen LogP) is 2.30. The number of aliphatic hydroxyl groups excluding tert-OH is 1. The molecular formula is C22H24N4O4. The fourth-order valence-electron chi connectivity index (χ4n) is 3.54. The molecule has 0 bridgehead atoms. The number of H-pyrrole nitrogens is 1. The molecule has 2 heterocycles. The molecule has 0 radical (unpaired) electrons. The van der Waals surface area contributed by atoms with Crippen molar-refractivity contribution in [2.75, 3.05) is 32.5 Å². The summed E-state index contributed by atoms with van der Waals surface area (Å²) in [6.07, 6.45) is 3.87. The molecule has 8 heteroatoms. The van der Waals surface area contributed by atoms with E-state index in [4.69, 9.17) is 15.2 Å². The first-order valence-corrected chi connectivity index (χ1v) is 9.73. The average molecular weight is 408 g/mol. The van der Waals surface area contributed by atoms with E-state index in [2.05, 4.69) is 10.2 Å². The van der Waals surface area contributed by atoms with E-state index >= 15 is 0 Å². The van der Waals surface area contributed by atoms with Crippen molar-refractivity contribution in [1.29, 1.82) is 0 Å². The van der Waals surface area contributed by atoms with Crippen LogP contribution in [0.1, 0.15) is 17.7 Å². The second kappa shape index (κ2) is 8.46. The summed E-state index contributed by atoms with van der Waals surface area (Å²) in [5.74, 6) is 0.588. The summed E-state index contributed by atoms with van der Waals surface area (Å²) in [5.41, 5.74) is 9.21. The highest BCUT2D eigenvalue weighted by atomic mass is 16.5. The Labute approximate surface area is 173 Å². The highest BCUT2D eigenvalue weighted by Gasteiger charge is 2.25. The fraction of sp³-hybridized carbons (Fsp3) is 0.273. The van der Waals surface area contributed by atoms with Gasteiger partial charge in [0.05, 0.1) is 30.1 Å². The third-order valence-corrected chi connectivity index (χ3v) is 5.19. The second-order valence-corrected chi connectivity index (χ2v) is 7.16. The number of methoxy groups -OCH3 is 1. The van der Waals surface area contributed by atoms with Gasteiger partial charge in [-0.15, -0.1) is 0 Å². The quantitative estimate of drug-likeness (QED) is 0.540. The largest absolute Gasteiger partial charge is 0.491 e. The minimum absolute atomic E-state index is 0.142. The third-order valence-electron chi connectivity index (χ3n) is 5.19. The number of para-hydroxylation sites is 1. The van der Waals surface area contributed by atoms with Crippen molar-refractivity contribution in [2.45, 2.75) is 12.5 Å². The highest BCUT2D eigenvalue weighted by Crippen LogP contribution is 2.37. The molecule has 4 N–H and O–H groups in total.